The second-order valence-electron chi connectivity index (χ2n) is 6.85. The molecule has 1 fully saturated rings. The lowest BCUT2D eigenvalue weighted by atomic mass is 10.2. The summed E-state index contributed by atoms with van der Waals surface area (Å²) in [6.45, 7) is 4.74. The quantitative estimate of drug-likeness (QED) is 0.568. The molecule has 0 saturated carbocycles. The summed E-state index contributed by atoms with van der Waals surface area (Å²) < 4.78 is 0. The molecular formula is C19H25N5O3. The van der Waals surface area contributed by atoms with Crippen LogP contribution in [0.3, 0.4) is 0 Å². The van der Waals surface area contributed by atoms with Gasteiger partial charge in [-0.1, -0.05) is 19.4 Å². The van der Waals surface area contributed by atoms with Crippen LogP contribution in [0.4, 0.5) is 23.1 Å². The van der Waals surface area contributed by atoms with Gasteiger partial charge in [-0.15, -0.1) is 0 Å². The second kappa shape index (κ2) is 8.30. The van der Waals surface area contributed by atoms with Gasteiger partial charge in [-0.3, -0.25) is 10.1 Å². The molecule has 1 aromatic carbocycles. The Labute approximate surface area is 158 Å². The number of hydrogen-bond donors (Lipinski definition) is 2. The lowest BCUT2D eigenvalue weighted by Crippen LogP contribution is -2.33. The molecule has 1 aliphatic rings. The number of nitro benzene ring substituents is 1. The lowest BCUT2D eigenvalue weighted by molar-refractivity contribution is -0.385. The van der Waals surface area contributed by atoms with E-state index in [1.165, 1.54) is 6.07 Å². The van der Waals surface area contributed by atoms with E-state index in [0.717, 1.165) is 43.7 Å². The summed E-state index contributed by atoms with van der Waals surface area (Å²) in [5.41, 5.74) is 2.15. The molecule has 0 bridgehead atoms. The summed E-state index contributed by atoms with van der Waals surface area (Å²) >= 11 is 0. The topological polar surface area (TPSA) is 104 Å². The monoisotopic (exact) mass is 371 g/mol. The highest BCUT2D eigenvalue weighted by Crippen LogP contribution is 2.28. The Morgan fingerprint density at radius 3 is 2.89 bits per heavy atom. The first-order chi connectivity index (χ1) is 13.0. The van der Waals surface area contributed by atoms with Crippen LogP contribution < -0.4 is 10.2 Å². The van der Waals surface area contributed by atoms with Crippen LogP contribution >= 0.6 is 0 Å². The van der Waals surface area contributed by atoms with Gasteiger partial charge in [0.25, 0.3) is 5.69 Å². The molecule has 0 aliphatic carbocycles. The molecule has 8 nitrogen and oxygen atoms in total. The SMILES string of the molecule is CCCc1cc(N2CCC[C@H]2CO)nc(Nc2ccc(C)c([N+](=O)[O-])c2)n1. The number of benzene rings is 1. The molecule has 0 unspecified atom stereocenters. The summed E-state index contributed by atoms with van der Waals surface area (Å²) in [5, 5.41) is 23.9. The van der Waals surface area contributed by atoms with E-state index in [0.29, 0.717) is 17.2 Å². The van der Waals surface area contributed by atoms with Gasteiger partial charge < -0.3 is 15.3 Å². The molecular weight excluding hydrogens is 346 g/mol. The molecule has 1 aromatic heterocycles. The number of aliphatic hydroxyl groups excluding tert-OH is 1. The van der Waals surface area contributed by atoms with Crippen molar-refractivity contribution in [2.45, 2.75) is 45.6 Å². The largest absolute Gasteiger partial charge is 0.394 e. The van der Waals surface area contributed by atoms with Gasteiger partial charge >= 0.3 is 0 Å². The maximum Gasteiger partial charge on any atom is 0.274 e. The third kappa shape index (κ3) is 4.33. The molecule has 0 amide bonds. The Morgan fingerprint density at radius 1 is 1.37 bits per heavy atom. The third-order valence-electron chi connectivity index (χ3n) is 4.82. The van der Waals surface area contributed by atoms with E-state index in [9.17, 15) is 15.2 Å². The highest BCUT2D eigenvalue weighted by atomic mass is 16.6. The molecule has 8 heteroatoms. The highest BCUT2D eigenvalue weighted by Gasteiger charge is 2.25. The number of nitro groups is 1. The first-order valence-electron chi connectivity index (χ1n) is 9.29. The number of aromatic nitrogens is 2. The van der Waals surface area contributed by atoms with Gasteiger partial charge in [-0.05, 0) is 32.3 Å². The minimum Gasteiger partial charge on any atom is -0.394 e. The van der Waals surface area contributed by atoms with E-state index in [-0.39, 0.29) is 18.3 Å². The molecule has 1 aliphatic heterocycles. The van der Waals surface area contributed by atoms with Crippen LogP contribution in [-0.4, -0.2) is 39.2 Å². The summed E-state index contributed by atoms with van der Waals surface area (Å²) in [4.78, 5) is 22.1. The molecule has 1 atom stereocenters. The van der Waals surface area contributed by atoms with Gasteiger partial charge in [0, 0.05) is 35.6 Å². The fraction of sp³-hybridized carbons (Fsp3) is 0.474. The Bertz CT molecular complexity index is 827. The lowest BCUT2D eigenvalue weighted by Gasteiger charge is -2.25. The number of anilines is 3. The fourth-order valence-corrected chi connectivity index (χ4v) is 3.41. The van der Waals surface area contributed by atoms with Crippen molar-refractivity contribution in [1.82, 2.24) is 9.97 Å². The summed E-state index contributed by atoms with van der Waals surface area (Å²) in [5.74, 6) is 1.20. The summed E-state index contributed by atoms with van der Waals surface area (Å²) in [6.07, 6.45) is 3.73. The van der Waals surface area contributed by atoms with E-state index in [1.54, 1.807) is 19.1 Å². The van der Waals surface area contributed by atoms with Crippen LogP contribution in [0.15, 0.2) is 24.3 Å². The van der Waals surface area contributed by atoms with Crippen LogP contribution in [0, 0.1) is 17.0 Å². The Hall–Kier alpha value is -2.74. The van der Waals surface area contributed by atoms with Crippen molar-refractivity contribution in [1.29, 1.82) is 0 Å². The molecule has 2 N–H and O–H groups in total. The number of rotatable bonds is 7. The van der Waals surface area contributed by atoms with Gasteiger partial charge in [0.2, 0.25) is 5.95 Å². The van der Waals surface area contributed by atoms with Gasteiger partial charge in [-0.25, -0.2) is 4.98 Å². The number of aryl methyl sites for hydroxylation is 2. The number of nitrogens with one attached hydrogen (secondary N) is 1. The molecule has 3 rings (SSSR count). The van der Waals surface area contributed by atoms with Crippen molar-refractivity contribution < 1.29 is 10.0 Å². The van der Waals surface area contributed by atoms with Crippen LogP contribution in [0.5, 0.6) is 0 Å². The van der Waals surface area contributed by atoms with Gasteiger partial charge in [0.05, 0.1) is 17.6 Å². The van der Waals surface area contributed by atoms with Gasteiger partial charge in [0.1, 0.15) is 5.82 Å². The standard InChI is InChI=1S/C19H25N5O3/c1-3-5-14-11-18(23-9-4-6-16(23)12-25)22-19(20-14)21-15-8-7-13(2)17(10-15)24(26)27/h7-8,10-11,16,25H,3-6,9,12H2,1-2H3,(H,20,21,22)/t16-/m0/s1. The average molecular weight is 371 g/mol. The average Bonchev–Trinajstić information content (AvgIpc) is 3.12. The molecule has 1 saturated heterocycles. The summed E-state index contributed by atoms with van der Waals surface area (Å²) in [6, 6.07) is 7.03. The number of aliphatic hydroxyl groups is 1. The van der Waals surface area contributed by atoms with E-state index in [4.69, 9.17) is 0 Å². The minimum absolute atomic E-state index is 0.0600. The normalized spacial score (nSPS) is 16.6. The fourth-order valence-electron chi connectivity index (χ4n) is 3.41. The van der Waals surface area contributed by atoms with Crippen LogP contribution in [0.1, 0.15) is 37.4 Å². The zero-order valence-corrected chi connectivity index (χ0v) is 15.7. The predicted molar refractivity (Wildman–Crippen MR) is 105 cm³/mol. The highest BCUT2D eigenvalue weighted by molar-refractivity contribution is 5.61. The number of nitrogens with zero attached hydrogens (tertiary/aromatic N) is 4. The van der Waals surface area contributed by atoms with Crippen LogP contribution in [0.2, 0.25) is 0 Å². The van der Waals surface area contributed by atoms with Crippen LogP contribution in [0.25, 0.3) is 0 Å². The zero-order chi connectivity index (χ0) is 19.4. The van der Waals surface area contributed by atoms with Crippen LogP contribution in [-0.2, 0) is 6.42 Å². The van der Waals surface area contributed by atoms with E-state index >= 15 is 0 Å². The van der Waals surface area contributed by atoms with Crippen molar-refractivity contribution in [2.75, 3.05) is 23.4 Å². The summed E-state index contributed by atoms with van der Waals surface area (Å²) in [7, 11) is 0. The molecule has 144 valence electrons. The molecule has 0 spiro atoms. The van der Waals surface area contributed by atoms with Crippen molar-refractivity contribution in [3.8, 4) is 0 Å². The van der Waals surface area contributed by atoms with E-state index < -0.39 is 4.92 Å². The maximum absolute atomic E-state index is 11.2. The van der Waals surface area contributed by atoms with Crippen molar-refractivity contribution in [3.63, 3.8) is 0 Å². The Kier molecular flexibility index (Phi) is 5.85. The zero-order valence-electron chi connectivity index (χ0n) is 15.7. The molecule has 2 aromatic rings. The first-order valence-corrected chi connectivity index (χ1v) is 9.29. The van der Waals surface area contributed by atoms with Crippen molar-refractivity contribution in [2.24, 2.45) is 0 Å². The molecule has 27 heavy (non-hydrogen) atoms. The number of hydrogen-bond acceptors (Lipinski definition) is 7. The van der Waals surface area contributed by atoms with E-state index in [2.05, 4.69) is 27.1 Å². The molecule has 0 radical (unpaired) electrons. The Morgan fingerprint density at radius 2 is 2.19 bits per heavy atom. The van der Waals surface area contributed by atoms with Gasteiger partial charge in [-0.2, -0.15) is 4.98 Å². The molecule has 2 heterocycles. The van der Waals surface area contributed by atoms with Crippen molar-refractivity contribution >= 4 is 23.1 Å². The second-order valence-corrected chi connectivity index (χ2v) is 6.85. The smallest absolute Gasteiger partial charge is 0.274 e. The Balaban J connectivity index is 1.93. The van der Waals surface area contributed by atoms with E-state index in [1.807, 2.05) is 6.07 Å². The van der Waals surface area contributed by atoms with Crippen molar-refractivity contribution in [3.05, 3.63) is 45.6 Å². The third-order valence-corrected chi connectivity index (χ3v) is 4.82. The predicted octanol–water partition coefficient (Wildman–Crippen LogP) is 3.35. The van der Waals surface area contributed by atoms with Gasteiger partial charge in [0.15, 0.2) is 0 Å². The minimum atomic E-state index is -0.392. The maximum atomic E-state index is 11.2. The first kappa shape index (κ1) is 19.0.